The van der Waals surface area contributed by atoms with Crippen LogP contribution in [0.3, 0.4) is 0 Å². The zero-order chi connectivity index (χ0) is 17.0. The number of anilines is 1. The number of benzene rings is 2. The molecular formula is C14H9ClF3N3O2. The van der Waals surface area contributed by atoms with Crippen LogP contribution in [0.15, 0.2) is 47.6 Å². The normalized spacial score (nSPS) is 11.7. The summed E-state index contributed by atoms with van der Waals surface area (Å²) in [7, 11) is 0. The molecule has 0 radical (unpaired) electrons. The van der Waals surface area contributed by atoms with Gasteiger partial charge in [-0.05, 0) is 18.2 Å². The zero-order valence-corrected chi connectivity index (χ0v) is 12.1. The fourth-order valence-electron chi connectivity index (χ4n) is 1.75. The molecule has 120 valence electrons. The minimum Gasteiger partial charge on any atom is -0.278 e. The number of hydrogen-bond donors (Lipinski definition) is 1. The Morgan fingerprint density at radius 3 is 2.57 bits per heavy atom. The molecule has 23 heavy (non-hydrogen) atoms. The molecule has 0 saturated carbocycles. The largest absolute Gasteiger partial charge is 0.418 e. The van der Waals surface area contributed by atoms with Crippen molar-refractivity contribution in [3.05, 3.63) is 68.7 Å². The number of nitro groups is 1. The second-order valence-electron chi connectivity index (χ2n) is 4.38. The monoisotopic (exact) mass is 343 g/mol. The first kappa shape index (κ1) is 16.8. The summed E-state index contributed by atoms with van der Waals surface area (Å²) in [5.74, 6) is 0. The molecular weight excluding hydrogens is 335 g/mol. The minimum atomic E-state index is -4.52. The molecule has 0 heterocycles. The highest BCUT2D eigenvalue weighted by Gasteiger charge is 2.33. The molecule has 1 N–H and O–H groups in total. The van der Waals surface area contributed by atoms with Crippen molar-refractivity contribution in [1.82, 2.24) is 0 Å². The highest BCUT2D eigenvalue weighted by Crippen LogP contribution is 2.34. The fourth-order valence-corrected chi connectivity index (χ4v) is 1.94. The number of nitrogens with zero attached hydrogens (tertiary/aromatic N) is 2. The van der Waals surface area contributed by atoms with Gasteiger partial charge in [0.15, 0.2) is 0 Å². The van der Waals surface area contributed by atoms with Crippen LogP contribution >= 0.6 is 11.6 Å². The van der Waals surface area contributed by atoms with Gasteiger partial charge in [0.2, 0.25) is 0 Å². The molecule has 0 atom stereocenters. The summed E-state index contributed by atoms with van der Waals surface area (Å²) >= 11 is 5.67. The molecule has 0 aromatic heterocycles. The predicted molar refractivity (Wildman–Crippen MR) is 80.8 cm³/mol. The van der Waals surface area contributed by atoms with Gasteiger partial charge >= 0.3 is 6.18 Å². The molecule has 0 saturated heterocycles. The van der Waals surface area contributed by atoms with Gasteiger partial charge in [-0.3, -0.25) is 15.5 Å². The summed E-state index contributed by atoms with van der Waals surface area (Å²) in [5, 5.41) is 14.4. The van der Waals surface area contributed by atoms with Crippen LogP contribution in [-0.4, -0.2) is 11.1 Å². The van der Waals surface area contributed by atoms with Crippen molar-refractivity contribution in [2.24, 2.45) is 5.10 Å². The maximum Gasteiger partial charge on any atom is 0.418 e. The predicted octanol–water partition coefficient (Wildman–Crippen LogP) is 4.71. The molecule has 0 amide bonds. The van der Waals surface area contributed by atoms with E-state index in [9.17, 15) is 23.3 Å². The summed E-state index contributed by atoms with van der Waals surface area (Å²) in [4.78, 5) is 10.1. The molecule has 0 bridgehead atoms. The van der Waals surface area contributed by atoms with Gasteiger partial charge in [0.05, 0.1) is 22.4 Å². The summed E-state index contributed by atoms with van der Waals surface area (Å²) in [6, 6.07) is 8.78. The maximum atomic E-state index is 12.8. The van der Waals surface area contributed by atoms with Crippen LogP contribution in [0.1, 0.15) is 11.1 Å². The Morgan fingerprint density at radius 2 is 1.91 bits per heavy atom. The maximum absolute atomic E-state index is 12.8. The Bertz CT molecular complexity index is 763. The van der Waals surface area contributed by atoms with Crippen molar-refractivity contribution in [3.63, 3.8) is 0 Å². The van der Waals surface area contributed by atoms with Crippen molar-refractivity contribution < 1.29 is 18.1 Å². The molecule has 0 aliphatic rings. The Labute approximate surface area is 133 Å². The van der Waals surface area contributed by atoms with Crippen molar-refractivity contribution in [2.45, 2.75) is 6.18 Å². The fraction of sp³-hybridized carbons (Fsp3) is 0.0714. The average Bonchev–Trinajstić information content (AvgIpc) is 2.48. The average molecular weight is 344 g/mol. The third-order valence-electron chi connectivity index (χ3n) is 2.80. The van der Waals surface area contributed by atoms with E-state index in [0.717, 1.165) is 12.3 Å². The van der Waals surface area contributed by atoms with Crippen molar-refractivity contribution in [1.29, 1.82) is 0 Å². The Balaban J connectivity index is 2.21. The van der Waals surface area contributed by atoms with Gasteiger partial charge in [0.1, 0.15) is 5.02 Å². The number of hydrazone groups is 1. The molecule has 5 nitrogen and oxygen atoms in total. The molecule has 2 rings (SSSR count). The highest BCUT2D eigenvalue weighted by molar-refractivity contribution is 6.32. The first-order valence-electron chi connectivity index (χ1n) is 6.18. The smallest absolute Gasteiger partial charge is 0.278 e. The van der Waals surface area contributed by atoms with Gasteiger partial charge in [-0.25, -0.2) is 0 Å². The van der Waals surface area contributed by atoms with Gasteiger partial charge in [-0.1, -0.05) is 29.8 Å². The van der Waals surface area contributed by atoms with Crippen LogP contribution in [0, 0.1) is 10.1 Å². The Kier molecular flexibility index (Phi) is 4.85. The van der Waals surface area contributed by atoms with E-state index in [1.165, 1.54) is 36.4 Å². The topological polar surface area (TPSA) is 67.5 Å². The third-order valence-corrected chi connectivity index (χ3v) is 3.12. The van der Waals surface area contributed by atoms with Gasteiger partial charge in [-0.15, -0.1) is 0 Å². The van der Waals surface area contributed by atoms with Crippen LogP contribution in [0.4, 0.5) is 24.5 Å². The molecule has 2 aromatic carbocycles. The number of halogens is 4. The molecule has 9 heteroatoms. The molecule has 0 aliphatic carbocycles. The van der Waals surface area contributed by atoms with Crippen molar-refractivity contribution in [2.75, 3.05) is 5.43 Å². The molecule has 2 aromatic rings. The number of rotatable bonds is 4. The van der Waals surface area contributed by atoms with Gasteiger partial charge < -0.3 is 0 Å². The number of alkyl halides is 3. The number of para-hydroxylation sites is 1. The van der Waals surface area contributed by atoms with E-state index < -0.39 is 16.7 Å². The van der Waals surface area contributed by atoms with E-state index in [1.54, 1.807) is 0 Å². The standard InChI is InChI=1S/C14H9ClF3N3O2/c15-11-6-5-9(7-13(11)21(22)23)8-19-20-12-4-2-1-3-10(12)14(16,17)18/h1-8,20H. The van der Waals surface area contributed by atoms with E-state index in [-0.39, 0.29) is 16.4 Å². The van der Waals surface area contributed by atoms with E-state index in [4.69, 9.17) is 11.6 Å². The minimum absolute atomic E-state index is 0.0393. The lowest BCUT2D eigenvalue weighted by molar-refractivity contribution is -0.384. The van der Waals surface area contributed by atoms with Gasteiger partial charge in [-0.2, -0.15) is 18.3 Å². The first-order chi connectivity index (χ1) is 10.8. The molecule has 0 aliphatic heterocycles. The van der Waals surface area contributed by atoms with Crippen LogP contribution < -0.4 is 5.43 Å². The van der Waals surface area contributed by atoms with E-state index >= 15 is 0 Å². The van der Waals surface area contributed by atoms with Crippen LogP contribution in [0.25, 0.3) is 0 Å². The lowest BCUT2D eigenvalue weighted by atomic mass is 10.2. The summed E-state index contributed by atoms with van der Waals surface area (Å²) in [6.07, 6.45) is -3.35. The summed E-state index contributed by atoms with van der Waals surface area (Å²) in [6.45, 7) is 0. The zero-order valence-electron chi connectivity index (χ0n) is 11.3. The number of nitrogens with one attached hydrogen (secondary N) is 1. The van der Waals surface area contributed by atoms with Crippen LogP contribution in [0.2, 0.25) is 5.02 Å². The quantitative estimate of drug-likeness (QED) is 0.496. The van der Waals surface area contributed by atoms with Gasteiger partial charge in [0, 0.05) is 11.6 Å². The lowest BCUT2D eigenvalue weighted by Crippen LogP contribution is -2.08. The number of nitro benzene ring substituents is 1. The number of hydrogen-bond acceptors (Lipinski definition) is 4. The van der Waals surface area contributed by atoms with Crippen molar-refractivity contribution in [3.8, 4) is 0 Å². The summed E-state index contributed by atoms with van der Waals surface area (Å²) in [5.41, 5.74) is 1.20. The van der Waals surface area contributed by atoms with E-state index in [0.29, 0.717) is 5.56 Å². The van der Waals surface area contributed by atoms with E-state index in [2.05, 4.69) is 10.5 Å². The van der Waals surface area contributed by atoms with Crippen LogP contribution in [-0.2, 0) is 6.18 Å². The Morgan fingerprint density at radius 1 is 1.22 bits per heavy atom. The second-order valence-corrected chi connectivity index (χ2v) is 4.79. The highest BCUT2D eigenvalue weighted by atomic mass is 35.5. The molecule has 0 unspecified atom stereocenters. The lowest BCUT2D eigenvalue weighted by Gasteiger charge is -2.11. The van der Waals surface area contributed by atoms with Crippen LogP contribution in [0.5, 0.6) is 0 Å². The van der Waals surface area contributed by atoms with Crippen molar-refractivity contribution >= 4 is 29.2 Å². The van der Waals surface area contributed by atoms with Gasteiger partial charge in [0.25, 0.3) is 5.69 Å². The molecule has 0 spiro atoms. The van der Waals surface area contributed by atoms with E-state index in [1.807, 2.05) is 0 Å². The first-order valence-corrected chi connectivity index (χ1v) is 6.56. The third kappa shape index (κ3) is 4.19. The summed E-state index contributed by atoms with van der Waals surface area (Å²) < 4.78 is 38.4. The molecule has 0 fully saturated rings. The SMILES string of the molecule is O=[N+]([O-])c1cc(C=NNc2ccccc2C(F)(F)F)ccc1Cl. The Hall–Kier alpha value is -2.61. The second kappa shape index (κ2) is 6.66.